The maximum atomic E-state index is 8.71. The molecule has 0 aromatic heterocycles. The van der Waals surface area contributed by atoms with Crippen molar-refractivity contribution in [1.82, 2.24) is 0 Å². The summed E-state index contributed by atoms with van der Waals surface area (Å²) < 4.78 is 0. The summed E-state index contributed by atoms with van der Waals surface area (Å²) in [4.78, 5) is 0. The fourth-order valence-corrected chi connectivity index (χ4v) is 1.49. The molecule has 3 N–H and O–H groups in total. The molecule has 1 unspecified atom stereocenters. The first-order valence-corrected chi connectivity index (χ1v) is 4.37. The molecule has 11 heavy (non-hydrogen) atoms. The smallest absolute Gasteiger partial charge is 0.0585 e. The van der Waals surface area contributed by atoms with Crippen LogP contribution in [0.5, 0.6) is 0 Å². The molecule has 64 valence electrons. The quantitative estimate of drug-likeness (QED) is 0.601. The number of aliphatic hydroxyl groups excluding tert-OH is 1. The van der Waals surface area contributed by atoms with Crippen LogP contribution in [0.4, 0.5) is 0 Å². The van der Waals surface area contributed by atoms with E-state index in [1.807, 2.05) is 0 Å². The molecule has 0 aromatic rings. The largest absolute Gasteiger partial charge is 0.395 e. The van der Waals surface area contributed by atoms with Crippen molar-refractivity contribution in [2.24, 2.45) is 5.73 Å². The van der Waals surface area contributed by atoms with E-state index >= 15 is 0 Å². The van der Waals surface area contributed by atoms with E-state index in [0.717, 1.165) is 6.42 Å². The van der Waals surface area contributed by atoms with Gasteiger partial charge in [-0.25, -0.2) is 0 Å². The Hall–Kier alpha value is -0.340. The van der Waals surface area contributed by atoms with E-state index in [4.69, 9.17) is 10.8 Å². The Morgan fingerprint density at radius 1 is 1.55 bits per heavy atom. The van der Waals surface area contributed by atoms with Gasteiger partial charge in [-0.15, -0.1) is 0 Å². The van der Waals surface area contributed by atoms with Gasteiger partial charge in [0.1, 0.15) is 0 Å². The van der Waals surface area contributed by atoms with Crippen molar-refractivity contribution in [3.63, 3.8) is 0 Å². The summed E-state index contributed by atoms with van der Waals surface area (Å²) in [6, 6.07) is -0.0423. The molecule has 1 rings (SSSR count). The first kappa shape index (κ1) is 8.75. The summed E-state index contributed by atoms with van der Waals surface area (Å²) in [7, 11) is 0. The SMILES string of the molecule is NC(CO)CC1=CCCCC1. The van der Waals surface area contributed by atoms with Gasteiger partial charge in [0, 0.05) is 6.04 Å². The van der Waals surface area contributed by atoms with Crippen molar-refractivity contribution < 1.29 is 5.11 Å². The van der Waals surface area contributed by atoms with Crippen molar-refractivity contribution in [2.45, 2.75) is 38.1 Å². The highest BCUT2D eigenvalue weighted by molar-refractivity contribution is 5.06. The molecule has 1 aliphatic rings. The highest BCUT2D eigenvalue weighted by Crippen LogP contribution is 2.20. The maximum Gasteiger partial charge on any atom is 0.0585 e. The summed E-state index contributed by atoms with van der Waals surface area (Å²) in [6.07, 6.45) is 8.17. The van der Waals surface area contributed by atoms with Crippen molar-refractivity contribution in [3.05, 3.63) is 11.6 Å². The third-order valence-electron chi connectivity index (χ3n) is 2.14. The van der Waals surface area contributed by atoms with Gasteiger partial charge < -0.3 is 10.8 Å². The Bertz CT molecular complexity index is 142. The molecule has 0 saturated carbocycles. The van der Waals surface area contributed by atoms with Crippen LogP contribution < -0.4 is 5.73 Å². The first-order valence-electron chi connectivity index (χ1n) is 4.37. The molecule has 0 bridgehead atoms. The average Bonchev–Trinajstić information content (AvgIpc) is 2.06. The normalized spacial score (nSPS) is 21.1. The molecule has 0 heterocycles. The van der Waals surface area contributed by atoms with Crippen molar-refractivity contribution in [2.75, 3.05) is 6.61 Å². The predicted octanol–water partition coefficient (Wildman–Crippen LogP) is 1.20. The number of allylic oxidation sites excluding steroid dienone is 1. The number of hydrogen-bond donors (Lipinski definition) is 2. The Morgan fingerprint density at radius 3 is 2.91 bits per heavy atom. The van der Waals surface area contributed by atoms with Crippen LogP contribution in [0.2, 0.25) is 0 Å². The van der Waals surface area contributed by atoms with Crippen LogP contribution in [-0.4, -0.2) is 17.8 Å². The standard InChI is InChI=1S/C9H17NO/c10-9(7-11)6-8-4-2-1-3-5-8/h4,9,11H,1-3,5-7,10H2. The van der Waals surface area contributed by atoms with E-state index in [1.54, 1.807) is 0 Å². The third-order valence-corrected chi connectivity index (χ3v) is 2.14. The zero-order chi connectivity index (χ0) is 8.10. The van der Waals surface area contributed by atoms with E-state index in [9.17, 15) is 0 Å². The maximum absolute atomic E-state index is 8.71. The number of aliphatic hydroxyl groups is 1. The Labute approximate surface area is 68.1 Å². The average molecular weight is 155 g/mol. The monoisotopic (exact) mass is 155 g/mol. The zero-order valence-corrected chi connectivity index (χ0v) is 6.92. The molecule has 0 aromatic carbocycles. The molecule has 0 fully saturated rings. The lowest BCUT2D eigenvalue weighted by Gasteiger charge is -2.15. The van der Waals surface area contributed by atoms with Crippen molar-refractivity contribution >= 4 is 0 Å². The van der Waals surface area contributed by atoms with Crippen molar-refractivity contribution in [1.29, 1.82) is 0 Å². The molecular weight excluding hydrogens is 138 g/mol. The molecule has 0 amide bonds. The molecule has 2 nitrogen and oxygen atoms in total. The second-order valence-electron chi connectivity index (χ2n) is 3.25. The minimum Gasteiger partial charge on any atom is -0.395 e. The number of hydrogen-bond acceptors (Lipinski definition) is 2. The Balaban J connectivity index is 2.29. The summed E-state index contributed by atoms with van der Waals surface area (Å²) >= 11 is 0. The number of rotatable bonds is 3. The summed E-state index contributed by atoms with van der Waals surface area (Å²) in [5.74, 6) is 0. The van der Waals surface area contributed by atoms with Gasteiger partial charge in [-0.2, -0.15) is 0 Å². The van der Waals surface area contributed by atoms with Crippen LogP contribution in [0.15, 0.2) is 11.6 Å². The highest BCUT2D eigenvalue weighted by atomic mass is 16.3. The highest BCUT2D eigenvalue weighted by Gasteiger charge is 2.07. The van der Waals surface area contributed by atoms with Crippen LogP contribution in [0, 0.1) is 0 Å². The van der Waals surface area contributed by atoms with Crippen LogP contribution in [0.25, 0.3) is 0 Å². The zero-order valence-electron chi connectivity index (χ0n) is 6.92. The lowest BCUT2D eigenvalue weighted by molar-refractivity contribution is 0.264. The minimum absolute atomic E-state index is 0.0423. The van der Waals surface area contributed by atoms with Gasteiger partial charge in [-0.1, -0.05) is 11.6 Å². The number of nitrogens with two attached hydrogens (primary N) is 1. The second-order valence-corrected chi connectivity index (χ2v) is 3.25. The Morgan fingerprint density at radius 2 is 2.36 bits per heavy atom. The lowest BCUT2D eigenvalue weighted by atomic mass is 9.95. The van der Waals surface area contributed by atoms with E-state index in [-0.39, 0.29) is 12.6 Å². The van der Waals surface area contributed by atoms with E-state index in [1.165, 1.54) is 31.3 Å². The van der Waals surface area contributed by atoms with Crippen molar-refractivity contribution in [3.8, 4) is 0 Å². The topological polar surface area (TPSA) is 46.2 Å². The van der Waals surface area contributed by atoms with Gasteiger partial charge in [-0.3, -0.25) is 0 Å². The van der Waals surface area contributed by atoms with E-state index < -0.39 is 0 Å². The first-order chi connectivity index (χ1) is 5.33. The molecule has 0 aliphatic heterocycles. The van der Waals surface area contributed by atoms with Gasteiger partial charge in [0.15, 0.2) is 0 Å². The third kappa shape index (κ3) is 3.04. The van der Waals surface area contributed by atoms with Crippen LogP contribution in [-0.2, 0) is 0 Å². The molecule has 0 spiro atoms. The van der Waals surface area contributed by atoms with E-state index in [2.05, 4.69) is 6.08 Å². The Kier molecular flexibility index (Phi) is 3.60. The fraction of sp³-hybridized carbons (Fsp3) is 0.778. The fourth-order valence-electron chi connectivity index (χ4n) is 1.49. The molecule has 1 aliphatic carbocycles. The van der Waals surface area contributed by atoms with Crippen LogP contribution in [0.3, 0.4) is 0 Å². The molecule has 1 atom stereocenters. The lowest BCUT2D eigenvalue weighted by Crippen LogP contribution is -2.25. The van der Waals surface area contributed by atoms with Crippen LogP contribution >= 0.6 is 0 Å². The molecule has 2 heteroatoms. The van der Waals surface area contributed by atoms with Gasteiger partial charge in [0.05, 0.1) is 6.61 Å². The summed E-state index contributed by atoms with van der Waals surface area (Å²) in [6.45, 7) is 0.108. The molecule has 0 radical (unpaired) electrons. The predicted molar refractivity (Wildman–Crippen MR) is 46.2 cm³/mol. The van der Waals surface area contributed by atoms with Gasteiger partial charge >= 0.3 is 0 Å². The summed E-state index contributed by atoms with van der Waals surface area (Å²) in [5, 5.41) is 8.71. The van der Waals surface area contributed by atoms with Gasteiger partial charge in [0.25, 0.3) is 0 Å². The molecular formula is C9H17NO. The van der Waals surface area contributed by atoms with Crippen LogP contribution in [0.1, 0.15) is 32.1 Å². The minimum atomic E-state index is -0.0423. The molecule has 0 saturated heterocycles. The van der Waals surface area contributed by atoms with Gasteiger partial charge in [-0.05, 0) is 32.1 Å². The summed E-state index contributed by atoms with van der Waals surface area (Å²) in [5.41, 5.74) is 7.06. The van der Waals surface area contributed by atoms with E-state index in [0.29, 0.717) is 0 Å². The second kappa shape index (κ2) is 4.52. The van der Waals surface area contributed by atoms with Gasteiger partial charge in [0.2, 0.25) is 0 Å².